The van der Waals surface area contributed by atoms with E-state index in [1.807, 2.05) is 0 Å². The highest BCUT2D eigenvalue weighted by atomic mass is 16.5. The number of ether oxygens (including phenoxy) is 4. The van der Waals surface area contributed by atoms with Crippen LogP contribution in [0.2, 0.25) is 0 Å². The quantitative estimate of drug-likeness (QED) is 0.493. The van der Waals surface area contributed by atoms with Crippen molar-refractivity contribution in [1.82, 2.24) is 4.98 Å². The SMILES string of the molecule is COc1cc(CC(=O)O[C@H](C)C(=O)c2[nH]c(C)c(C(C)=O)c2C)cc(OC)c1OC. The van der Waals surface area contributed by atoms with E-state index in [2.05, 4.69) is 4.98 Å². The summed E-state index contributed by atoms with van der Waals surface area (Å²) in [5.41, 5.74) is 2.50. The second kappa shape index (κ2) is 9.47. The molecule has 8 nitrogen and oxygen atoms in total. The molecule has 0 unspecified atom stereocenters. The highest BCUT2D eigenvalue weighted by Crippen LogP contribution is 2.38. The van der Waals surface area contributed by atoms with Crippen LogP contribution in [0.25, 0.3) is 0 Å². The van der Waals surface area contributed by atoms with Crippen molar-refractivity contribution in [2.75, 3.05) is 21.3 Å². The fraction of sp³-hybridized carbons (Fsp3) is 0.409. The van der Waals surface area contributed by atoms with Crippen LogP contribution < -0.4 is 14.2 Å². The first-order valence-electron chi connectivity index (χ1n) is 9.37. The summed E-state index contributed by atoms with van der Waals surface area (Å²) in [6, 6.07) is 3.29. The summed E-state index contributed by atoms with van der Waals surface area (Å²) < 4.78 is 21.2. The Bertz CT molecular complexity index is 949. The number of esters is 1. The van der Waals surface area contributed by atoms with Crippen molar-refractivity contribution in [3.8, 4) is 17.2 Å². The van der Waals surface area contributed by atoms with E-state index in [1.54, 1.807) is 26.0 Å². The zero-order chi connectivity index (χ0) is 22.6. The van der Waals surface area contributed by atoms with Gasteiger partial charge in [0.15, 0.2) is 23.4 Å². The molecule has 0 bridgehead atoms. The lowest BCUT2D eigenvalue weighted by molar-refractivity contribution is -0.145. The maximum atomic E-state index is 12.7. The molecule has 30 heavy (non-hydrogen) atoms. The number of ketones is 2. The van der Waals surface area contributed by atoms with Gasteiger partial charge >= 0.3 is 5.97 Å². The molecule has 0 aliphatic carbocycles. The number of benzene rings is 1. The number of H-pyrrole nitrogens is 1. The predicted molar refractivity (Wildman–Crippen MR) is 110 cm³/mol. The van der Waals surface area contributed by atoms with E-state index in [1.165, 1.54) is 35.2 Å². The largest absolute Gasteiger partial charge is 0.493 e. The Labute approximate surface area is 175 Å². The summed E-state index contributed by atoms with van der Waals surface area (Å²) in [5, 5.41) is 0. The van der Waals surface area contributed by atoms with Crippen LogP contribution in [0.15, 0.2) is 12.1 Å². The predicted octanol–water partition coefficient (Wildman–Crippen LogP) is 3.22. The van der Waals surface area contributed by atoms with Crippen molar-refractivity contribution >= 4 is 17.5 Å². The molecule has 8 heteroatoms. The summed E-state index contributed by atoms with van der Waals surface area (Å²) in [6.45, 7) is 6.36. The minimum absolute atomic E-state index is 0.0875. The monoisotopic (exact) mass is 417 g/mol. The molecule has 1 aromatic heterocycles. The Morgan fingerprint density at radius 2 is 1.57 bits per heavy atom. The number of carbonyl (C=O) groups is 3. The van der Waals surface area contributed by atoms with Crippen molar-refractivity contribution in [3.05, 3.63) is 40.2 Å². The molecular formula is C22H27NO7. The Morgan fingerprint density at radius 1 is 1.00 bits per heavy atom. The molecule has 1 atom stereocenters. The third-order valence-electron chi connectivity index (χ3n) is 4.79. The molecule has 0 fully saturated rings. The molecule has 162 valence electrons. The van der Waals surface area contributed by atoms with Gasteiger partial charge in [-0.2, -0.15) is 0 Å². The lowest BCUT2D eigenvalue weighted by Crippen LogP contribution is -2.26. The van der Waals surface area contributed by atoms with Gasteiger partial charge in [-0.3, -0.25) is 14.4 Å². The first-order valence-corrected chi connectivity index (χ1v) is 9.37. The Morgan fingerprint density at radius 3 is 2.00 bits per heavy atom. The molecule has 2 rings (SSSR count). The van der Waals surface area contributed by atoms with E-state index in [0.717, 1.165) is 0 Å². The highest BCUT2D eigenvalue weighted by Gasteiger charge is 2.26. The van der Waals surface area contributed by atoms with Crippen molar-refractivity contribution in [2.24, 2.45) is 0 Å². The number of carbonyl (C=O) groups excluding carboxylic acids is 3. The fourth-order valence-corrected chi connectivity index (χ4v) is 3.42. The lowest BCUT2D eigenvalue weighted by atomic mass is 10.0. The van der Waals surface area contributed by atoms with Crippen LogP contribution in [0.3, 0.4) is 0 Å². The smallest absolute Gasteiger partial charge is 0.310 e. The Kier molecular flexibility index (Phi) is 7.26. The van der Waals surface area contributed by atoms with Crippen LogP contribution in [-0.2, 0) is 16.0 Å². The summed E-state index contributed by atoms with van der Waals surface area (Å²) in [5.74, 6) is 0.127. The Balaban J connectivity index is 2.16. The van der Waals surface area contributed by atoms with E-state index < -0.39 is 17.9 Å². The molecule has 0 radical (unpaired) electrons. The maximum absolute atomic E-state index is 12.7. The summed E-state index contributed by atoms with van der Waals surface area (Å²) in [4.78, 5) is 39.9. The first-order chi connectivity index (χ1) is 14.1. The first kappa shape index (κ1) is 23.0. The number of nitrogens with one attached hydrogen (secondary N) is 1. The number of aryl methyl sites for hydroxylation is 1. The van der Waals surface area contributed by atoms with Crippen LogP contribution in [0.5, 0.6) is 17.2 Å². The highest BCUT2D eigenvalue weighted by molar-refractivity contribution is 6.05. The minimum atomic E-state index is -1.02. The van der Waals surface area contributed by atoms with Crippen molar-refractivity contribution < 1.29 is 33.3 Å². The molecular weight excluding hydrogens is 390 g/mol. The van der Waals surface area contributed by atoms with Gasteiger partial charge < -0.3 is 23.9 Å². The molecule has 0 saturated carbocycles. The lowest BCUT2D eigenvalue weighted by Gasteiger charge is -2.15. The van der Waals surface area contributed by atoms with Crippen LogP contribution in [0.1, 0.15) is 51.5 Å². The molecule has 0 saturated heterocycles. The fourth-order valence-electron chi connectivity index (χ4n) is 3.42. The van der Waals surface area contributed by atoms with Gasteiger partial charge in [-0.1, -0.05) is 0 Å². The van der Waals surface area contributed by atoms with Gasteiger partial charge in [0.05, 0.1) is 33.4 Å². The van der Waals surface area contributed by atoms with Crippen molar-refractivity contribution in [2.45, 2.75) is 40.2 Å². The third-order valence-corrected chi connectivity index (χ3v) is 4.79. The Hall–Kier alpha value is -3.29. The number of hydrogen-bond acceptors (Lipinski definition) is 7. The molecule has 1 aromatic carbocycles. The van der Waals surface area contributed by atoms with Gasteiger partial charge in [0.2, 0.25) is 11.5 Å². The maximum Gasteiger partial charge on any atom is 0.310 e. The molecule has 0 amide bonds. The van der Waals surface area contributed by atoms with Crippen LogP contribution in [0.4, 0.5) is 0 Å². The van der Waals surface area contributed by atoms with Crippen LogP contribution >= 0.6 is 0 Å². The number of hydrogen-bond donors (Lipinski definition) is 1. The average Bonchev–Trinajstić information content (AvgIpc) is 3.00. The van der Waals surface area contributed by atoms with Gasteiger partial charge in [-0.25, -0.2) is 0 Å². The van der Waals surface area contributed by atoms with Gasteiger partial charge in [-0.05, 0) is 51.0 Å². The van der Waals surface area contributed by atoms with Gasteiger partial charge in [0.25, 0.3) is 0 Å². The molecule has 0 spiro atoms. The van der Waals surface area contributed by atoms with Crippen molar-refractivity contribution in [1.29, 1.82) is 0 Å². The van der Waals surface area contributed by atoms with Crippen LogP contribution in [-0.4, -0.2) is 50.0 Å². The van der Waals surface area contributed by atoms with Crippen LogP contribution in [0, 0.1) is 13.8 Å². The summed E-state index contributed by atoms with van der Waals surface area (Å²) >= 11 is 0. The van der Waals surface area contributed by atoms with E-state index in [9.17, 15) is 14.4 Å². The third kappa shape index (κ3) is 4.64. The standard InChI is InChI=1S/C22H27NO7/c1-11-19(13(3)24)12(2)23-20(11)21(26)14(4)30-18(25)10-15-8-16(27-5)22(29-7)17(9-15)28-6/h8-9,14,23H,10H2,1-7H3/t14-/m1/s1. The van der Waals surface area contributed by atoms with E-state index in [-0.39, 0.29) is 17.9 Å². The second-order valence-electron chi connectivity index (χ2n) is 6.89. The summed E-state index contributed by atoms with van der Waals surface area (Å²) in [7, 11) is 4.45. The number of aromatic amines is 1. The molecule has 1 N–H and O–H groups in total. The summed E-state index contributed by atoms with van der Waals surface area (Å²) in [6.07, 6.45) is -1.11. The van der Waals surface area contributed by atoms with Gasteiger partial charge in [-0.15, -0.1) is 0 Å². The number of rotatable bonds is 9. The average molecular weight is 417 g/mol. The second-order valence-corrected chi connectivity index (χ2v) is 6.89. The van der Waals surface area contributed by atoms with Gasteiger partial charge in [0, 0.05) is 11.3 Å². The number of Topliss-reactive ketones (excluding diaryl/α,β-unsaturated/α-hetero) is 2. The van der Waals surface area contributed by atoms with E-state index >= 15 is 0 Å². The minimum Gasteiger partial charge on any atom is -0.493 e. The zero-order valence-corrected chi connectivity index (χ0v) is 18.3. The zero-order valence-electron chi connectivity index (χ0n) is 18.3. The molecule has 1 heterocycles. The van der Waals surface area contributed by atoms with Crippen molar-refractivity contribution in [3.63, 3.8) is 0 Å². The topological polar surface area (TPSA) is 104 Å². The number of aromatic nitrogens is 1. The number of methoxy groups -OCH3 is 3. The normalized spacial score (nSPS) is 11.6. The van der Waals surface area contributed by atoms with Gasteiger partial charge in [0.1, 0.15) is 0 Å². The van der Waals surface area contributed by atoms with E-state index in [0.29, 0.717) is 39.6 Å². The van der Waals surface area contributed by atoms with E-state index in [4.69, 9.17) is 18.9 Å². The molecule has 0 aliphatic heterocycles. The molecule has 2 aromatic rings. The molecule has 0 aliphatic rings.